The first-order valence-corrected chi connectivity index (χ1v) is 20.3. The van der Waals surface area contributed by atoms with Gasteiger partial charge >= 0.3 is 0 Å². The van der Waals surface area contributed by atoms with Crippen LogP contribution in [0.4, 0.5) is 0 Å². The molecule has 0 amide bonds. The zero-order valence-corrected chi connectivity index (χ0v) is 35.9. The van der Waals surface area contributed by atoms with Gasteiger partial charge in [0.2, 0.25) is 0 Å². The summed E-state index contributed by atoms with van der Waals surface area (Å²) < 4.78 is 28.9. The summed E-state index contributed by atoms with van der Waals surface area (Å²) in [6.45, 7) is 2.37. The van der Waals surface area contributed by atoms with E-state index in [4.69, 9.17) is 35.3 Å². The molecule has 0 radical (unpaired) electrons. The molecule has 0 unspecified atom stereocenters. The Labute approximate surface area is 368 Å². The number of benzene rings is 4. The van der Waals surface area contributed by atoms with Crippen molar-refractivity contribution in [3.05, 3.63) is 157 Å². The molecule has 63 heavy (non-hydrogen) atoms. The fourth-order valence-corrected chi connectivity index (χ4v) is 7.68. The van der Waals surface area contributed by atoms with Crippen LogP contribution in [0.3, 0.4) is 0 Å². The first-order valence-electron chi connectivity index (χ1n) is 20.0. The Balaban J connectivity index is 0.000000155. The van der Waals surface area contributed by atoms with Gasteiger partial charge in [0.1, 0.15) is 22.7 Å². The number of halogens is 1. The van der Waals surface area contributed by atoms with E-state index in [0.717, 1.165) is 77.0 Å². The lowest BCUT2D eigenvalue weighted by Crippen LogP contribution is -2.14. The van der Waals surface area contributed by atoms with Gasteiger partial charge in [-0.3, -0.25) is 9.36 Å². The van der Waals surface area contributed by atoms with E-state index in [1.165, 1.54) is 0 Å². The predicted octanol–water partition coefficient (Wildman–Crippen LogP) is 11.4. The quantitative estimate of drug-likeness (QED) is 0.145. The number of methoxy groups -OCH3 is 4. The van der Waals surface area contributed by atoms with Gasteiger partial charge in [0.25, 0.3) is 5.91 Å². The van der Waals surface area contributed by atoms with E-state index < -0.39 is 0 Å². The number of rotatable bonds is 9. The molecule has 0 aliphatic heterocycles. The van der Waals surface area contributed by atoms with Gasteiger partial charge in [-0.15, -0.1) is 0 Å². The molecule has 0 atom stereocenters. The zero-order valence-electron chi connectivity index (χ0n) is 35.2. The summed E-state index contributed by atoms with van der Waals surface area (Å²) in [5, 5.41) is 5.49. The van der Waals surface area contributed by atoms with Gasteiger partial charge in [0, 0.05) is 53.3 Å². The van der Waals surface area contributed by atoms with Crippen molar-refractivity contribution in [2.24, 2.45) is 0 Å². The van der Waals surface area contributed by atoms with Crippen molar-refractivity contribution in [2.75, 3.05) is 35.0 Å². The molecule has 0 saturated heterocycles. The van der Waals surface area contributed by atoms with Gasteiger partial charge in [-0.2, -0.15) is 0 Å². The van der Waals surface area contributed by atoms with Crippen LogP contribution >= 0.6 is 11.6 Å². The lowest BCUT2D eigenvalue weighted by Gasteiger charge is -2.14. The molecule has 0 bridgehead atoms. The lowest BCUT2D eigenvalue weighted by molar-refractivity contribution is 0.0962. The minimum atomic E-state index is -0.188. The molecule has 13 heteroatoms. The van der Waals surface area contributed by atoms with Gasteiger partial charge in [0.15, 0.2) is 23.0 Å². The monoisotopic (exact) mass is 858 g/mol. The van der Waals surface area contributed by atoms with E-state index in [0.29, 0.717) is 35.1 Å². The number of carbonyl (C=O) groups excluding carboxylic acids is 1. The van der Waals surface area contributed by atoms with Gasteiger partial charge in [-0.25, -0.2) is 15.0 Å². The number of pyridine rings is 3. The maximum Gasteiger partial charge on any atom is 0.267 e. The first kappa shape index (κ1) is 41.9. The fraction of sp³-hybridized carbons (Fsp3) is 0.120. The largest absolute Gasteiger partial charge is 0.493 e. The average molecular weight is 859 g/mol. The van der Waals surface area contributed by atoms with Crippen LogP contribution in [-0.4, -0.2) is 70.4 Å². The second kappa shape index (κ2) is 18.8. The van der Waals surface area contributed by atoms with Crippen molar-refractivity contribution in [1.82, 2.24) is 29.5 Å². The molecule has 6 heterocycles. The number of carbonyl (C=O) groups is 1. The van der Waals surface area contributed by atoms with E-state index in [1.807, 2.05) is 122 Å². The van der Waals surface area contributed by atoms with Crippen LogP contribution in [0.15, 0.2) is 146 Å². The number of fused-ring (bicyclic) bond motifs is 4. The van der Waals surface area contributed by atoms with E-state index >= 15 is 0 Å². The Bertz CT molecular complexity index is 3210. The molecule has 0 saturated carbocycles. The summed E-state index contributed by atoms with van der Waals surface area (Å²) in [7, 11) is 6.49. The molecule has 316 valence electrons. The molecule has 0 spiro atoms. The number of aromatic amines is 2. The molecule has 10 aromatic rings. The van der Waals surface area contributed by atoms with E-state index in [9.17, 15) is 4.79 Å². The molecule has 12 nitrogen and oxygen atoms in total. The van der Waals surface area contributed by atoms with Gasteiger partial charge < -0.3 is 33.7 Å². The number of hydrogen-bond donors (Lipinski definition) is 2. The molecule has 10 rings (SSSR count). The van der Waals surface area contributed by atoms with Crippen molar-refractivity contribution in [1.29, 1.82) is 0 Å². The summed E-state index contributed by atoms with van der Waals surface area (Å²) in [6.07, 6.45) is 10.7. The highest BCUT2D eigenvalue weighted by molar-refractivity contribution is 6.35. The summed E-state index contributed by atoms with van der Waals surface area (Å²) in [5.41, 5.74) is 6.90. The maximum atomic E-state index is 13.9. The van der Waals surface area contributed by atoms with E-state index in [1.54, 1.807) is 63.9 Å². The summed E-state index contributed by atoms with van der Waals surface area (Å²) in [4.78, 5) is 32.9. The number of nitrogens with zero attached hydrogens (tertiary/aromatic N) is 4. The molecule has 0 aliphatic rings. The fourth-order valence-electron chi connectivity index (χ4n) is 7.47. The highest BCUT2D eigenvalue weighted by Crippen LogP contribution is 2.37. The molecule has 4 aromatic carbocycles. The van der Waals surface area contributed by atoms with Gasteiger partial charge in [-0.1, -0.05) is 54.1 Å². The maximum absolute atomic E-state index is 13.9. The van der Waals surface area contributed by atoms with Crippen LogP contribution < -0.4 is 23.7 Å². The van der Waals surface area contributed by atoms with Crippen molar-refractivity contribution in [3.63, 3.8) is 0 Å². The van der Waals surface area contributed by atoms with Crippen LogP contribution in [0.2, 0.25) is 5.02 Å². The predicted molar refractivity (Wildman–Crippen MR) is 249 cm³/mol. The third-order valence-electron chi connectivity index (χ3n) is 10.5. The first-order chi connectivity index (χ1) is 30.9. The van der Waals surface area contributed by atoms with Crippen LogP contribution in [0.1, 0.15) is 17.3 Å². The van der Waals surface area contributed by atoms with Gasteiger partial charge in [0.05, 0.1) is 45.6 Å². The molecule has 0 fully saturated rings. The van der Waals surface area contributed by atoms with E-state index in [2.05, 4.69) is 24.9 Å². The van der Waals surface area contributed by atoms with Crippen molar-refractivity contribution >= 4 is 61.4 Å². The molecule has 0 aliphatic carbocycles. The number of ether oxygens (including phenoxy) is 5. The van der Waals surface area contributed by atoms with Crippen LogP contribution in [-0.2, 0) is 0 Å². The highest BCUT2D eigenvalue weighted by Gasteiger charge is 2.22. The zero-order chi connectivity index (χ0) is 43.9. The van der Waals surface area contributed by atoms with Crippen molar-refractivity contribution in [2.45, 2.75) is 6.92 Å². The minimum absolute atomic E-state index is 0.188. The Morgan fingerprint density at radius 3 is 1.79 bits per heavy atom. The number of aromatic nitrogens is 6. The smallest absolute Gasteiger partial charge is 0.267 e. The van der Waals surface area contributed by atoms with Crippen LogP contribution in [0, 0.1) is 0 Å². The molecular weight excluding hydrogens is 816 g/mol. The lowest BCUT2D eigenvalue weighted by atomic mass is 10.0. The molecular formula is C50H43ClN6O6. The second-order valence-electron chi connectivity index (χ2n) is 14.0. The second-order valence-corrected chi connectivity index (χ2v) is 14.4. The Morgan fingerprint density at radius 1 is 0.587 bits per heavy atom. The number of nitrogens with one attached hydrogen (secondary N) is 2. The SMILES string of the molecule is CCOc1ccc2ccccc2c1C(=O)n1ccc2c(-c3ccc(OC)c(OC)c3)ccnc21.COc1ccc(-c2ccnc3[nH]ccc23)cc1OC.Clc1ccnc2[nH]ccc12. The van der Waals surface area contributed by atoms with E-state index in [-0.39, 0.29) is 5.91 Å². The summed E-state index contributed by atoms with van der Waals surface area (Å²) in [6, 6.07) is 34.8. The van der Waals surface area contributed by atoms with Gasteiger partial charge in [-0.05, 0) is 107 Å². The Kier molecular flexibility index (Phi) is 12.5. The normalized spacial score (nSPS) is 10.8. The standard InChI is InChI=1S/C28H24N2O4.C15H14N2O2.C7H5ClN2/c1-4-34-24-12-9-18-7-5-6-8-21(18)26(24)28(31)30-16-14-22-20(13-15-29-27(22)30)19-10-11-23(32-2)25(17-19)33-3;1-18-13-4-3-10(9-14(13)19-2)11-5-7-16-15-12(11)6-8-17-15;8-6-2-4-10-7-5(6)1-3-9-7/h5-17H,4H2,1-3H3;3-9H,1-2H3,(H,16,17);1-4H,(H,9,10). The third kappa shape index (κ3) is 8.44. The number of H-pyrrole nitrogens is 2. The third-order valence-corrected chi connectivity index (χ3v) is 10.8. The summed E-state index contributed by atoms with van der Waals surface area (Å²) in [5.74, 6) is 3.11. The topological polar surface area (TPSA) is 138 Å². The van der Waals surface area contributed by atoms with Crippen molar-refractivity contribution < 1.29 is 28.5 Å². The minimum Gasteiger partial charge on any atom is -0.493 e. The summed E-state index contributed by atoms with van der Waals surface area (Å²) >= 11 is 5.84. The average Bonchev–Trinajstić information content (AvgIpc) is 4.12. The molecule has 6 aromatic heterocycles. The highest BCUT2D eigenvalue weighted by atomic mass is 35.5. The molecule has 2 N–H and O–H groups in total. The van der Waals surface area contributed by atoms with Crippen LogP contribution in [0.25, 0.3) is 66.1 Å². The van der Waals surface area contributed by atoms with Crippen LogP contribution in [0.5, 0.6) is 28.7 Å². The van der Waals surface area contributed by atoms with Crippen molar-refractivity contribution in [3.8, 4) is 51.0 Å². The number of hydrogen-bond acceptors (Lipinski definition) is 9. The Morgan fingerprint density at radius 2 is 1.16 bits per heavy atom. The Hall–Kier alpha value is -7.83.